The fourth-order valence-corrected chi connectivity index (χ4v) is 9.95. The molecule has 0 aromatic rings. The molecule has 0 aromatic heterocycles. The van der Waals surface area contributed by atoms with Crippen molar-refractivity contribution in [2.45, 2.75) is 131 Å². The van der Waals surface area contributed by atoms with Gasteiger partial charge in [-0.2, -0.15) is 0 Å². The van der Waals surface area contributed by atoms with Gasteiger partial charge in [-0.25, -0.2) is 0 Å². The van der Waals surface area contributed by atoms with Gasteiger partial charge in [-0.1, -0.05) is 65.5 Å². The van der Waals surface area contributed by atoms with E-state index in [1.807, 2.05) is 20.8 Å². The van der Waals surface area contributed by atoms with Crippen molar-refractivity contribution < 1.29 is 19.3 Å². The van der Waals surface area contributed by atoms with Crippen molar-refractivity contribution in [1.82, 2.24) is 0 Å². The molecule has 4 rings (SSSR count). The Balaban J connectivity index is 1.60. The first-order valence-electron chi connectivity index (χ1n) is 15.8. The van der Waals surface area contributed by atoms with Crippen LogP contribution in [0.2, 0.25) is 0 Å². The number of rotatable bonds is 11. The molecular weight excluding hydrogens is 460 g/mol. The molecule has 0 aromatic carbocycles. The number of allylic oxidation sites excluding steroid dienone is 1. The van der Waals surface area contributed by atoms with Crippen molar-refractivity contribution in [2.24, 2.45) is 46.3 Å². The van der Waals surface area contributed by atoms with Crippen molar-refractivity contribution in [1.29, 1.82) is 0 Å². The second-order valence-electron chi connectivity index (χ2n) is 14.0. The monoisotopic (exact) mass is 518 g/mol. The normalized spacial score (nSPS) is 41.6. The van der Waals surface area contributed by atoms with E-state index in [0.29, 0.717) is 44.0 Å². The molecule has 37 heavy (non-hydrogen) atoms. The summed E-state index contributed by atoms with van der Waals surface area (Å²) in [6, 6.07) is 0. The highest BCUT2D eigenvalue weighted by molar-refractivity contribution is 5.29. The Bertz CT molecular complexity index is 800. The summed E-state index contributed by atoms with van der Waals surface area (Å²) < 4.78 is 18.8. The molecular formula is C33H58O4. The molecule has 0 spiro atoms. The smallest absolute Gasteiger partial charge is 0.225 e. The van der Waals surface area contributed by atoms with Crippen molar-refractivity contribution in [2.75, 3.05) is 19.8 Å². The van der Waals surface area contributed by atoms with E-state index in [9.17, 15) is 5.11 Å². The van der Waals surface area contributed by atoms with Gasteiger partial charge in [0.1, 0.15) is 0 Å². The van der Waals surface area contributed by atoms with Gasteiger partial charge in [0, 0.05) is 32.7 Å². The fourth-order valence-electron chi connectivity index (χ4n) is 9.95. The lowest BCUT2D eigenvalue weighted by Gasteiger charge is -2.62. The molecule has 3 fully saturated rings. The van der Waals surface area contributed by atoms with Crippen LogP contribution in [-0.2, 0) is 14.2 Å². The number of hydrogen-bond donors (Lipinski definition) is 1. The summed E-state index contributed by atoms with van der Waals surface area (Å²) in [4.78, 5) is 0. The van der Waals surface area contributed by atoms with Gasteiger partial charge in [0.2, 0.25) is 11.6 Å². The zero-order chi connectivity index (χ0) is 27.1. The van der Waals surface area contributed by atoms with E-state index < -0.39 is 11.6 Å². The van der Waals surface area contributed by atoms with Crippen LogP contribution in [0.3, 0.4) is 0 Å². The second kappa shape index (κ2) is 11.2. The molecule has 0 amide bonds. The van der Waals surface area contributed by atoms with Crippen LogP contribution in [0.25, 0.3) is 0 Å². The first-order chi connectivity index (χ1) is 17.5. The third kappa shape index (κ3) is 5.00. The molecule has 8 atom stereocenters. The molecule has 0 saturated heterocycles. The largest absolute Gasteiger partial charge is 0.361 e. The summed E-state index contributed by atoms with van der Waals surface area (Å²) >= 11 is 0. The van der Waals surface area contributed by atoms with Crippen LogP contribution >= 0.6 is 0 Å². The number of hydrogen-bond acceptors (Lipinski definition) is 4. The highest BCUT2D eigenvalue weighted by Crippen LogP contribution is 2.69. The Hall–Kier alpha value is -0.420. The molecule has 0 radical (unpaired) electrons. The highest BCUT2D eigenvalue weighted by Gasteiger charge is 2.67. The summed E-state index contributed by atoms with van der Waals surface area (Å²) in [7, 11) is 0. The van der Waals surface area contributed by atoms with Crippen LogP contribution in [0.1, 0.15) is 120 Å². The number of fused-ring (bicyclic) bond motifs is 5. The molecule has 1 N–H and O–H groups in total. The van der Waals surface area contributed by atoms with Crippen LogP contribution in [-0.4, -0.2) is 36.5 Å². The maximum atomic E-state index is 11.9. The molecule has 4 aliphatic carbocycles. The minimum Gasteiger partial charge on any atom is -0.361 e. The van der Waals surface area contributed by atoms with E-state index in [1.54, 1.807) is 0 Å². The summed E-state index contributed by atoms with van der Waals surface area (Å²) in [6.07, 6.45) is 14.4. The highest BCUT2D eigenvalue weighted by atomic mass is 16.8. The zero-order valence-electron chi connectivity index (χ0n) is 25.4. The predicted molar refractivity (Wildman–Crippen MR) is 151 cm³/mol. The van der Waals surface area contributed by atoms with Crippen molar-refractivity contribution in [3.05, 3.63) is 11.6 Å². The Kier molecular flexibility index (Phi) is 8.96. The average molecular weight is 519 g/mol. The quantitative estimate of drug-likeness (QED) is 0.221. The molecule has 0 heterocycles. The van der Waals surface area contributed by atoms with Gasteiger partial charge in [-0.3, -0.25) is 0 Å². The van der Waals surface area contributed by atoms with Crippen LogP contribution in [0, 0.1) is 46.3 Å². The standard InChI is InChI=1S/C33H58O4/c1-9-35-32(34)21-25-15-16-26-28-18-17-27(24(6)14-12-13-23(4)5)30(28,7)20-19-29(26)31(25,8)22-33(32,36-10-2)37-11-3/h15,23-24,26-29,34H,9-14,16-22H2,1-8H3/t24-,26+,27-,28+,29+,30-,31+,32?/m1/s1. The molecule has 4 nitrogen and oxygen atoms in total. The van der Waals surface area contributed by atoms with Gasteiger partial charge in [-0.05, 0) is 99.2 Å². The fraction of sp³-hybridized carbons (Fsp3) is 0.939. The van der Waals surface area contributed by atoms with E-state index in [1.165, 1.54) is 50.5 Å². The molecule has 3 saturated carbocycles. The van der Waals surface area contributed by atoms with Gasteiger partial charge in [0.25, 0.3) is 0 Å². The topological polar surface area (TPSA) is 47.9 Å². The minimum atomic E-state index is -1.45. The molecule has 0 bridgehead atoms. The summed E-state index contributed by atoms with van der Waals surface area (Å²) in [5.74, 6) is 2.09. The molecule has 4 heteroatoms. The van der Waals surface area contributed by atoms with Crippen molar-refractivity contribution >= 4 is 0 Å². The Labute approximate surface area is 228 Å². The van der Waals surface area contributed by atoms with Crippen LogP contribution < -0.4 is 0 Å². The SMILES string of the molecule is CCOC1(O)CC2=CC[C@H]3[C@@H]4CC[C@H]([C@H](C)CCCC(C)C)[C@@]4(C)CC[C@@H]3[C@@]2(C)CC1(OCC)OCC. The molecule has 4 aliphatic rings. The average Bonchev–Trinajstić information content (AvgIpc) is 3.18. The number of ether oxygens (including phenoxy) is 3. The maximum Gasteiger partial charge on any atom is 0.225 e. The number of aliphatic hydroxyl groups is 1. The van der Waals surface area contributed by atoms with Crippen molar-refractivity contribution in [3.8, 4) is 0 Å². The second-order valence-corrected chi connectivity index (χ2v) is 14.0. The summed E-state index contributed by atoms with van der Waals surface area (Å²) in [5.41, 5.74) is 1.82. The van der Waals surface area contributed by atoms with Gasteiger partial charge < -0.3 is 19.3 Å². The van der Waals surface area contributed by atoms with E-state index in [4.69, 9.17) is 14.2 Å². The van der Waals surface area contributed by atoms with E-state index in [0.717, 1.165) is 36.0 Å². The zero-order valence-corrected chi connectivity index (χ0v) is 25.4. The molecule has 1 unspecified atom stereocenters. The van der Waals surface area contributed by atoms with Crippen LogP contribution in [0.5, 0.6) is 0 Å². The lowest BCUT2D eigenvalue weighted by Crippen LogP contribution is -2.67. The van der Waals surface area contributed by atoms with Gasteiger partial charge in [0.05, 0.1) is 0 Å². The predicted octanol–water partition coefficient (Wildman–Crippen LogP) is 8.13. The van der Waals surface area contributed by atoms with Crippen LogP contribution in [0.15, 0.2) is 11.6 Å². The molecule has 214 valence electrons. The Morgan fingerprint density at radius 3 is 2.22 bits per heavy atom. The summed E-state index contributed by atoms with van der Waals surface area (Å²) in [5, 5.41) is 11.9. The Morgan fingerprint density at radius 1 is 0.919 bits per heavy atom. The first kappa shape index (κ1) is 29.6. The molecule has 0 aliphatic heterocycles. The van der Waals surface area contributed by atoms with E-state index in [-0.39, 0.29) is 5.41 Å². The minimum absolute atomic E-state index is 0.0289. The van der Waals surface area contributed by atoms with Gasteiger partial charge in [0.15, 0.2) is 0 Å². The van der Waals surface area contributed by atoms with Gasteiger partial charge >= 0.3 is 0 Å². The van der Waals surface area contributed by atoms with Crippen molar-refractivity contribution in [3.63, 3.8) is 0 Å². The van der Waals surface area contributed by atoms with Gasteiger partial charge in [-0.15, -0.1) is 0 Å². The third-order valence-electron chi connectivity index (χ3n) is 11.6. The lowest BCUT2D eigenvalue weighted by atomic mass is 9.46. The lowest BCUT2D eigenvalue weighted by molar-refractivity contribution is -0.414. The maximum absolute atomic E-state index is 11.9. The third-order valence-corrected chi connectivity index (χ3v) is 11.6. The Morgan fingerprint density at radius 2 is 1.59 bits per heavy atom. The van der Waals surface area contributed by atoms with E-state index >= 15 is 0 Å². The first-order valence-corrected chi connectivity index (χ1v) is 15.8. The van der Waals surface area contributed by atoms with E-state index in [2.05, 4.69) is 40.7 Å². The van der Waals surface area contributed by atoms with Crippen LogP contribution in [0.4, 0.5) is 0 Å². The summed E-state index contributed by atoms with van der Waals surface area (Å²) in [6.45, 7) is 19.8.